The minimum absolute atomic E-state index is 0.0262. The van der Waals surface area contributed by atoms with Gasteiger partial charge in [-0.05, 0) is 89.7 Å². The predicted molar refractivity (Wildman–Crippen MR) is 132 cm³/mol. The van der Waals surface area contributed by atoms with Crippen LogP contribution in [0.15, 0.2) is 42.5 Å². The summed E-state index contributed by atoms with van der Waals surface area (Å²) in [7, 11) is 2.10. The largest absolute Gasteiger partial charge is 0.490 e. The number of nitrogens with zero attached hydrogens (tertiary/aromatic N) is 1. The lowest BCUT2D eigenvalue weighted by Crippen LogP contribution is -2.48. The van der Waals surface area contributed by atoms with Crippen LogP contribution in [0.2, 0.25) is 0 Å². The molecule has 2 aromatic carbocycles. The number of nitrogens with one attached hydrogen (secondary N) is 1. The van der Waals surface area contributed by atoms with Crippen LogP contribution in [-0.4, -0.2) is 62.3 Å². The van der Waals surface area contributed by atoms with Gasteiger partial charge in [0.2, 0.25) is 0 Å². The third-order valence-electron chi connectivity index (χ3n) is 5.85. The van der Waals surface area contributed by atoms with Crippen molar-refractivity contribution in [1.82, 2.24) is 10.2 Å². The van der Waals surface area contributed by atoms with Gasteiger partial charge >= 0.3 is 5.97 Å². The first-order valence-electron chi connectivity index (χ1n) is 12.0. The Balaban J connectivity index is 1.77. The fraction of sp³-hybridized carbons (Fsp3) is 0.481. The summed E-state index contributed by atoms with van der Waals surface area (Å²) in [6, 6.07) is 12.6. The number of amides is 1. The first-order valence-corrected chi connectivity index (χ1v) is 12.0. The molecular formula is C27H36N2O5. The zero-order valence-electron chi connectivity index (χ0n) is 20.8. The van der Waals surface area contributed by atoms with Gasteiger partial charge in [0.1, 0.15) is 0 Å². The number of hydrogen-bond acceptors (Lipinski definition) is 6. The van der Waals surface area contributed by atoms with Crippen molar-refractivity contribution in [3.63, 3.8) is 0 Å². The maximum Gasteiger partial charge on any atom is 0.338 e. The maximum atomic E-state index is 13.1. The normalized spacial score (nSPS) is 18.4. The zero-order chi connectivity index (χ0) is 24.7. The Labute approximate surface area is 202 Å². The highest BCUT2D eigenvalue weighted by atomic mass is 16.5. The average molecular weight is 469 g/mol. The number of ether oxygens (including phenoxy) is 3. The van der Waals surface area contributed by atoms with Crippen molar-refractivity contribution in [2.24, 2.45) is 0 Å². The van der Waals surface area contributed by atoms with Crippen LogP contribution in [0.5, 0.6) is 11.5 Å². The van der Waals surface area contributed by atoms with Crippen LogP contribution in [0.1, 0.15) is 66.3 Å². The van der Waals surface area contributed by atoms with Crippen LogP contribution in [-0.2, 0) is 4.74 Å². The van der Waals surface area contributed by atoms with E-state index in [4.69, 9.17) is 14.2 Å². The van der Waals surface area contributed by atoms with E-state index in [1.807, 2.05) is 26.0 Å². The van der Waals surface area contributed by atoms with Gasteiger partial charge < -0.3 is 24.4 Å². The summed E-state index contributed by atoms with van der Waals surface area (Å²) in [5.74, 6) is 1.02. The van der Waals surface area contributed by atoms with E-state index < -0.39 is 5.97 Å². The van der Waals surface area contributed by atoms with E-state index in [1.54, 1.807) is 38.1 Å². The Morgan fingerprint density at radius 1 is 1.00 bits per heavy atom. The van der Waals surface area contributed by atoms with Crippen molar-refractivity contribution in [3.05, 3.63) is 59.2 Å². The van der Waals surface area contributed by atoms with Crippen molar-refractivity contribution in [2.45, 2.75) is 52.2 Å². The Morgan fingerprint density at radius 3 is 2.29 bits per heavy atom. The first kappa shape index (κ1) is 25.6. The van der Waals surface area contributed by atoms with Gasteiger partial charge in [-0.1, -0.05) is 6.07 Å². The summed E-state index contributed by atoms with van der Waals surface area (Å²) < 4.78 is 16.8. The fourth-order valence-electron chi connectivity index (χ4n) is 4.22. The van der Waals surface area contributed by atoms with Crippen LogP contribution in [0.25, 0.3) is 0 Å². The molecule has 0 aromatic heterocycles. The van der Waals surface area contributed by atoms with E-state index in [0.717, 1.165) is 36.6 Å². The molecule has 0 unspecified atom stereocenters. The fourth-order valence-corrected chi connectivity index (χ4v) is 4.22. The van der Waals surface area contributed by atoms with E-state index in [-0.39, 0.29) is 24.0 Å². The van der Waals surface area contributed by atoms with Gasteiger partial charge in [0, 0.05) is 24.1 Å². The van der Waals surface area contributed by atoms with Crippen LogP contribution in [0.3, 0.4) is 0 Å². The molecule has 184 valence electrons. The van der Waals surface area contributed by atoms with Gasteiger partial charge in [-0.3, -0.25) is 4.79 Å². The highest BCUT2D eigenvalue weighted by Crippen LogP contribution is 2.34. The topological polar surface area (TPSA) is 77.1 Å². The van der Waals surface area contributed by atoms with Crippen molar-refractivity contribution in [3.8, 4) is 11.5 Å². The second-order valence-electron chi connectivity index (χ2n) is 8.84. The molecule has 0 saturated carbocycles. The van der Waals surface area contributed by atoms with E-state index >= 15 is 0 Å². The molecule has 0 radical (unpaired) electrons. The second-order valence-corrected chi connectivity index (χ2v) is 8.84. The van der Waals surface area contributed by atoms with Gasteiger partial charge in [0.25, 0.3) is 5.91 Å². The molecule has 1 aliphatic heterocycles. The maximum absolute atomic E-state index is 13.1. The van der Waals surface area contributed by atoms with Crippen LogP contribution < -0.4 is 14.8 Å². The summed E-state index contributed by atoms with van der Waals surface area (Å²) in [6.45, 7) is 10.4. The van der Waals surface area contributed by atoms with Crippen molar-refractivity contribution in [2.75, 3.05) is 33.4 Å². The molecule has 1 aliphatic rings. The highest BCUT2D eigenvalue weighted by molar-refractivity contribution is 5.96. The molecule has 0 bridgehead atoms. The molecular weight excluding hydrogens is 432 g/mol. The SMILES string of the molecule is CCOc1ccc([C@@H]2CN(C)CC[C@@H]2NC(=O)c2ccc(C(=O)OC(C)C)cc2)cc1OCC. The third-order valence-corrected chi connectivity index (χ3v) is 5.85. The molecule has 1 fully saturated rings. The van der Waals surface area contributed by atoms with E-state index in [1.165, 1.54) is 0 Å². The van der Waals surface area contributed by atoms with Gasteiger partial charge in [-0.25, -0.2) is 4.79 Å². The van der Waals surface area contributed by atoms with Gasteiger partial charge in [-0.2, -0.15) is 0 Å². The number of piperidine rings is 1. The smallest absolute Gasteiger partial charge is 0.338 e. The number of rotatable bonds is 9. The van der Waals surface area contributed by atoms with E-state index in [9.17, 15) is 9.59 Å². The monoisotopic (exact) mass is 468 g/mol. The van der Waals surface area contributed by atoms with Crippen LogP contribution >= 0.6 is 0 Å². The Bertz CT molecular complexity index is 973. The standard InChI is InChI=1S/C27H36N2O5/c1-6-32-24-13-12-21(16-25(24)33-7-2)22-17-29(5)15-14-23(22)28-26(30)19-8-10-20(11-9-19)27(31)34-18(3)4/h8-13,16,18,22-23H,6-7,14-15,17H2,1-5H3,(H,28,30)/t22-,23-/m0/s1. The molecule has 1 saturated heterocycles. The number of likely N-dealkylation sites (N-methyl/N-ethyl adjacent to an activating group) is 1. The number of carbonyl (C=O) groups excluding carboxylic acids is 2. The first-order chi connectivity index (χ1) is 16.3. The Kier molecular flexibility index (Phi) is 8.93. The molecule has 34 heavy (non-hydrogen) atoms. The Morgan fingerprint density at radius 2 is 1.65 bits per heavy atom. The minimum atomic E-state index is -0.391. The van der Waals surface area contributed by atoms with Crippen molar-refractivity contribution < 1.29 is 23.8 Å². The van der Waals surface area contributed by atoms with Gasteiger partial charge in [-0.15, -0.1) is 0 Å². The van der Waals surface area contributed by atoms with Gasteiger partial charge in [0.15, 0.2) is 11.5 Å². The average Bonchev–Trinajstić information content (AvgIpc) is 2.81. The number of carbonyl (C=O) groups is 2. The van der Waals surface area contributed by atoms with Gasteiger partial charge in [0.05, 0.1) is 24.9 Å². The van der Waals surface area contributed by atoms with E-state index in [2.05, 4.69) is 23.3 Å². The minimum Gasteiger partial charge on any atom is -0.490 e. The lowest BCUT2D eigenvalue weighted by molar-refractivity contribution is 0.0377. The lowest BCUT2D eigenvalue weighted by Gasteiger charge is -2.37. The molecule has 7 nitrogen and oxygen atoms in total. The lowest BCUT2D eigenvalue weighted by atomic mass is 9.85. The molecule has 1 N–H and O–H groups in total. The number of benzene rings is 2. The predicted octanol–water partition coefficient (Wildman–Crippen LogP) is 4.27. The summed E-state index contributed by atoms with van der Waals surface area (Å²) in [4.78, 5) is 27.4. The third kappa shape index (κ3) is 6.50. The van der Waals surface area contributed by atoms with Crippen LogP contribution in [0.4, 0.5) is 0 Å². The van der Waals surface area contributed by atoms with E-state index in [0.29, 0.717) is 24.3 Å². The number of esters is 1. The van der Waals surface area contributed by atoms with Crippen molar-refractivity contribution >= 4 is 11.9 Å². The molecule has 1 heterocycles. The highest BCUT2D eigenvalue weighted by Gasteiger charge is 2.31. The molecule has 7 heteroatoms. The summed E-state index contributed by atoms with van der Waals surface area (Å²) in [5, 5.41) is 3.22. The molecule has 3 rings (SSSR count). The summed E-state index contributed by atoms with van der Waals surface area (Å²) >= 11 is 0. The summed E-state index contributed by atoms with van der Waals surface area (Å²) in [6.07, 6.45) is 0.644. The zero-order valence-corrected chi connectivity index (χ0v) is 20.8. The van der Waals surface area contributed by atoms with Crippen molar-refractivity contribution in [1.29, 1.82) is 0 Å². The number of hydrogen-bond donors (Lipinski definition) is 1. The van der Waals surface area contributed by atoms with Crippen LogP contribution in [0, 0.1) is 0 Å². The second kappa shape index (κ2) is 11.9. The molecule has 0 spiro atoms. The quantitative estimate of drug-likeness (QED) is 0.554. The molecule has 0 aliphatic carbocycles. The molecule has 2 aromatic rings. The number of likely N-dealkylation sites (tertiary alicyclic amines) is 1. The Hall–Kier alpha value is -3.06. The molecule has 2 atom stereocenters. The summed E-state index contributed by atoms with van der Waals surface area (Å²) in [5.41, 5.74) is 2.05. The molecule has 1 amide bonds.